The molecular formula is C15H11O5+. The van der Waals surface area contributed by atoms with Crippen LogP contribution in [0.15, 0.2) is 48.3 Å². The first kappa shape index (κ1) is 13.5. The molecule has 1 aromatic rings. The van der Waals surface area contributed by atoms with Crippen molar-refractivity contribution in [2.45, 2.75) is 0 Å². The number of rotatable bonds is 4. The zero-order valence-electron chi connectivity index (χ0n) is 10.6. The Labute approximate surface area is 115 Å². The summed E-state index contributed by atoms with van der Waals surface area (Å²) in [5.41, 5.74) is -0.189. The van der Waals surface area contributed by atoms with Crippen molar-refractivity contribution in [1.29, 1.82) is 0 Å². The normalized spacial score (nSPS) is 12.3. The number of allylic oxidation sites excluding steroid dienone is 5. The predicted molar refractivity (Wildman–Crippen MR) is 70.4 cm³/mol. The molecule has 1 aromatic carbocycles. The number of aromatic carboxylic acids is 1. The molecule has 1 aliphatic rings. The molecule has 0 saturated heterocycles. The van der Waals surface area contributed by atoms with E-state index < -0.39 is 11.9 Å². The zero-order valence-corrected chi connectivity index (χ0v) is 10.6. The number of esters is 1. The number of carbonyl (C=O) groups is 2. The Hall–Kier alpha value is -2.91. The van der Waals surface area contributed by atoms with Crippen molar-refractivity contribution in [3.63, 3.8) is 0 Å². The highest BCUT2D eigenvalue weighted by molar-refractivity contribution is 6.02. The lowest BCUT2D eigenvalue weighted by Crippen LogP contribution is -2.10. The van der Waals surface area contributed by atoms with Gasteiger partial charge in [-0.15, -0.1) is 0 Å². The highest BCUT2D eigenvalue weighted by Crippen LogP contribution is 2.21. The van der Waals surface area contributed by atoms with Crippen LogP contribution in [0, 0.1) is 6.08 Å². The first-order valence-electron chi connectivity index (χ1n) is 5.71. The van der Waals surface area contributed by atoms with Crippen LogP contribution in [0.5, 0.6) is 5.75 Å². The monoisotopic (exact) mass is 271 g/mol. The molecule has 0 spiro atoms. The molecule has 20 heavy (non-hydrogen) atoms. The Morgan fingerprint density at radius 2 is 2.05 bits per heavy atom. The van der Waals surface area contributed by atoms with E-state index in [4.69, 9.17) is 9.84 Å². The van der Waals surface area contributed by atoms with Gasteiger partial charge in [0.1, 0.15) is 17.9 Å². The van der Waals surface area contributed by atoms with Crippen LogP contribution in [0.3, 0.4) is 0 Å². The summed E-state index contributed by atoms with van der Waals surface area (Å²) < 4.78 is 10.0. The highest BCUT2D eigenvalue weighted by Gasteiger charge is 2.18. The Balaban J connectivity index is 2.33. The minimum absolute atomic E-state index is 0.0197. The lowest BCUT2D eigenvalue weighted by Gasteiger charge is -2.07. The van der Waals surface area contributed by atoms with Crippen molar-refractivity contribution in [2.75, 3.05) is 7.11 Å². The number of ether oxygens (including phenoxy) is 2. The molecule has 5 heteroatoms. The van der Waals surface area contributed by atoms with Crippen LogP contribution < -0.4 is 4.74 Å². The number of carboxylic acid groups (broad SMARTS) is 1. The van der Waals surface area contributed by atoms with Crippen molar-refractivity contribution in [3.8, 4) is 5.75 Å². The van der Waals surface area contributed by atoms with Crippen molar-refractivity contribution in [3.05, 3.63) is 65.5 Å². The third-order valence-electron chi connectivity index (χ3n) is 2.55. The fraction of sp³-hybridized carbons (Fsp3) is 0.0667. The van der Waals surface area contributed by atoms with Crippen LogP contribution in [-0.2, 0) is 4.74 Å². The second-order valence-corrected chi connectivity index (χ2v) is 3.84. The molecule has 0 fully saturated rings. The van der Waals surface area contributed by atoms with Gasteiger partial charge < -0.3 is 14.6 Å². The van der Waals surface area contributed by atoms with E-state index in [-0.39, 0.29) is 11.1 Å². The molecule has 0 radical (unpaired) electrons. The molecule has 0 aromatic heterocycles. The van der Waals surface area contributed by atoms with Crippen molar-refractivity contribution in [1.82, 2.24) is 0 Å². The highest BCUT2D eigenvalue weighted by atomic mass is 16.5. The lowest BCUT2D eigenvalue weighted by atomic mass is 10.1. The van der Waals surface area contributed by atoms with E-state index in [2.05, 4.69) is 10.8 Å². The van der Waals surface area contributed by atoms with Crippen molar-refractivity contribution >= 4 is 11.9 Å². The van der Waals surface area contributed by atoms with Gasteiger partial charge in [0.15, 0.2) is 0 Å². The van der Waals surface area contributed by atoms with E-state index in [0.29, 0.717) is 11.5 Å². The predicted octanol–water partition coefficient (Wildman–Crippen LogP) is 2.36. The number of benzene rings is 1. The minimum Gasteiger partial charge on any atom is -0.478 e. The van der Waals surface area contributed by atoms with Gasteiger partial charge in [0.25, 0.3) is 0 Å². The summed E-state index contributed by atoms with van der Waals surface area (Å²) in [6.07, 6.45) is 9.58. The molecule has 0 unspecified atom stereocenters. The summed E-state index contributed by atoms with van der Waals surface area (Å²) in [6.45, 7) is 0. The van der Waals surface area contributed by atoms with E-state index in [0.717, 1.165) is 0 Å². The molecule has 0 heterocycles. The van der Waals surface area contributed by atoms with Gasteiger partial charge >= 0.3 is 11.9 Å². The lowest BCUT2D eigenvalue weighted by molar-refractivity contribution is 0.0582. The average Bonchev–Trinajstić information content (AvgIpc) is 2.47. The SMILES string of the molecule is COC(=O)c1ccc(OC2=CC=[C+]C=C2)cc1C(=O)O. The molecule has 0 atom stereocenters. The van der Waals surface area contributed by atoms with Gasteiger partial charge in [-0.25, -0.2) is 9.59 Å². The molecule has 0 amide bonds. The summed E-state index contributed by atoms with van der Waals surface area (Å²) >= 11 is 0. The maximum absolute atomic E-state index is 11.5. The zero-order chi connectivity index (χ0) is 14.5. The van der Waals surface area contributed by atoms with Crippen LogP contribution >= 0.6 is 0 Å². The molecule has 0 saturated carbocycles. The number of carbonyl (C=O) groups excluding carboxylic acids is 1. The number of carboxylic acids is 1. The fourth-order valence-electron chi connectivity index (χ4n) is 1.63. The summed E-state index contributed by atoms with van der Waals surface area (Å²) in [4.78, 5) is 22.7. The fourth-order valence-corrected chi connectivity index (χ4v) is 1.63. The van der Waals surface area contributed by atoms with Gasteiger partial charge in [-0.05, 0) is 18.2 Å². The first-order valence-corrected chi connectivity index (χ1v) is 5.71. The summed E-state index contributed by atoms with van der Waals surface area (Å²) in [6, 6.07) is 4.15. The largest absolute Gasteiger partial charge is 0.478 e. The third kappa shape index (κ3) is 2.91. The van der Waals surface area contributed by atoms with Gasteiger partial charge in [0.05, 0.1) is 30.4 Å². The van der Waals surface area contributed by atoms with Crippen LogP contribution in [-0.4, -0.2) is 24.2 Å². The minimum atomic E-state index is -1.22. The number of methoxy groups -OCH3 is 1. The molecule has 100 valence electrons. The van der Waals surface area contributed by atoms with E-state index in [1.807, 2.05) is 0 Å². The average molecular weight is 271 g/mol. The van der Waals surface area contributed by atoms with E-state index in [9.17, 15) is 9.59 Å². The first-order chi connectivity index (χ1) is 9.61. The quantitative estimate of drug-likeness (QED) is 0.672. The maximum Gasteiger partial charge on any atom is 0.338 e. The summed E-state index contributed by atoms with van der Waals surface area (Å²) in [5.74, 6) is -1.06. The summed E-state index contributed by atoms with van der Waals surface area (Å²) in [7, 11) is 1.19. The molecule has 2 rings (SSSR count). The second-order valence-electron chi connectivity index (χ2n) is 3.84. The Morgan fingerprint density at radius 1 is 1.25 bits per heavy atom. The molecule has 5 nitrogen and oxygen atoms in total. The van der Waals surface area contributed by atoms with Crippen molar-refractivity contribution in [2.24, 2.45) is 0 Å². The maximum atomic E-state index is 11.5. The van der Waals surface area contributed by atoms with Crippen LogP contribution in [0.1, 0.15) is 20.7 Å². The van der Waals surface area contributed by atoms with Gasteiger partial charge in [0, 0.05) is 6.08 Å². The van der Waals surface area contributed by atoms with Crippen LogP contribution in [0.2, 0.25) is 0 Å². The van der Waals surface area contributed by atoms with Gasteiger partial charge in [-0.3, -0.25) is 0 Å². The molecule has 1 N–H and O–H groups in total. The second kappa shape index (κ2) is 5.82. The molecule has 0 aliphatic heterocycles. The standard InChI is InChI=1S/C15H10O5/c1-19-15(18)12-8-7-11(9-13(12)14(16)17)20-10-5-3-2-4-6-10/h3-9H,1H3/p+1. The van der Waals surface area contributed by atoms with Crippen LogP contribution in [0.25, 0.3) is 0 Å². The van der Waals surface area contributed by atoms with Crippen molar-refractivity contribution < 1.29 is 24.2 Å². The molecule has 1 aliphatic carbocycles. The van der Waals surface area contributed by atoms with E-state index in [1.54, 1.807) is 24.3 Å². The number of hydrogen-bond donors (Lipinski definition) is 1. The number of hydrogen-bond acceptors (Lipinski definition) is 4. The van der Waals surface area contributed by atoms with E-state index >= 15 is 0 Å². The molecular weight excluding hydrogens is 260 g/mol. The summed E-state index contributed by atoms with van der Waals surface area (Å²) in [5, 5.41) is 9.13. The Bertz CT molecular complexity index is 638. The Morgan fingerprint density at radius 3 is 2.65 bits per heavy atom. The third-order valence-corrected chi connectivity index (χ3v) is 2.55. The van der Waals surface area contributed by atoms with Gasteiger partial charge in [-0.1, -0.05) is 0 Å². The topological polar surface area (TPSA) is 72.8 Å². The molecule has 0 bridgehead atoms. The van der Waals surface area contributed by atoms with Gasteiger partial charge in [0.2, 0.25) is 5.76 Å². The van der Waals surface area contributed by atoms with Gasteiger partial charge in [-0.2, -0.15) is 0 Å². The Kier molecular flexibility index (Phi) is 3.93. The van der Waals surface area contributed by atoms with Crippen LogP contribution in [0.4, 0.5) is 0 Å². The smallest absolute Gasteiger partial charge is 0.338 e. The van der Waals surface area contributed by atoms with E-state index in [1.165, 1.54) is 25.3 Å².